The van der Waals surface area contributed by atoms with Crippen molar-refractivity contribution in [3.63, 3.8) is 0 Å². The molecule has 14 heavy (non-hydrogen) atoms. The number of hydrogen-bond acceptors (Lipinski definition) is 1. The molecule has 0 bridgehead atoms. The van der Waals surface area contributed by atoms with Gasteiger partial charge in [-0.1, -0.05) is 66.4 Å². The van der Waals surface area contributed by atoms with E-state index in [1.807, 2.05) is 6.07 Å². The van der Waals surface area contributed by atoms with Crippen LogP contribution in [0.1, 0.15) is 20.8 Å². The molecule has 0 radical (unpaired) electrons. The van der Waals surface area contributed by atoms with Gasteiger partial charge in [-0.15, -0.1) is 0 Å². The highest BCUT2D eigenvalue weighted by Crippen LogP contribution is 2.40. The fraction of sp³-hybridized carbons (Fsp3) is 0.455. The Balaban J connectivity index is 3.15. The van der Waals surface area contributed by atoms with Crippen molar-refractivity contribution in [1.82, 2.24) is 0 Å². The lowest BCUT2D eigenvalue weighted by Gasteiger charge is -2.36. The second kappa shape index (κ2) is 4.17. The monoisotopic (exact) mass is 272 g/mol. The van der Waals surface area contributed by atoms with Gasteiger partial charge in [0.1, 0.15) is 0 Å². The van der Waals surface area contributed by atoms with Gasteiger partial charge < -0.3 is 4.43 Å². The average Bonchev–Trinajstić information content (AvgIpc) is 2.16. The van der Waals surface area contributed by atoms with Crippen molar-refractivity contribution in [1.29, 1.82) is 0 Å². The lowest BCUT2D eigenvalue weighted by Crippen LogP contribution is -2.51. The van der Waals surface area contributed by atoms with Gasteiger partial charge in [-0.05, 0) is 10.2 Å². The van der Waals surface area contributed by atoms with Gasteiger partial charge in [0.25, 0.3) is 0 Å². The molecule has 0 aromatic heterocycles. The maximum atomic E-state index is 5.74. The fourth-order valence-corrected chi connectivity index (χ4v) is 4.64. The van der Waals surface area contributed by atoms with Crippen LogP contribution in [-0.2, 0) is 4.43 Å². The lowest BCUT2D eigenvalue weighted by atomic mass is 10.2. The number of hydrogen-bond donors (Lipinski definition) is 0. The van der Waals surface area contributed by atoms with Gasteiger partial charge in [0.2, 0.25) is 0 Å². The molecular formula is C11H17BrOSi. The van der Waals surface area contributed by atoms with Crippen LogP contribution in [0, 0.1) is 0 Å². The van der Waals surface area contributed by atoms with Gasteiger partial charge in [0.05, 0.1) is 0 Å². The van der Waals surface area contributed by atoms with Crippen molar-refractivity contribution in [3.8, 4) is 0 Å². The van der Waals surface area contributed by atoms with Crippen molar-refractivity contribution < 1.29 is 4.43 Å². The minimum absolute atomic E-state index is 0.142. The summed E-state index contributed by atoms with van der Waals surface area (Å²) in [7, 11) is 1.79. The summed E-state index contributed by atoms with van der Waals surface area (Å²) in [6, 6.07) is 10.4. The topological polar surface area (TPSA) is 9.23 Å². The summed E-state index contributed by atoms with van der Waals surface area (Å²) in [6.45, 7) is 4.65. The Kier molecular flexibility index (Phi) is 3.56. The largest absolute Gasteiger partial charge is 0.406 e. The molecule has 0 saturated carbocycles. The highest BCUT2D eigenvalue weighted by Gasteiger charge is 2.45. The fourth-order valence-electron chi connectivity index (χ4n) is 1.51. The van der Waals surface area contributed by atoms with Crippen LogP contribution >= 0.6 is 15.3 Å². The molecule has 78 valence electrons. The summed E-state index contributed by atoms with van der Waals surface area (Å²) in [5, 5.41) is 1.43. The molecule has 1 atom stereocenters. The van der Waals surface area contributed by atoms with Crippen LogP contribution in [0.3, 0.4) is 0 Å². The zero-order chi connectivity index (χ0) is 10.8. The van der Waals surface area contributed by atoms with Crippen molar-refractivity contribution in [2.75, 3.05) is 7.11 Å². The third kappa shape index (κ3) is 2.10. The molecule has 0 fully saturated rings. The normalized spacial score (nSPS) is 16.4. The van der Waals surface area contributed by atoms with E-state index in [1.54, 1.807) is 7.11 Å². The summed E-state index contributed by atoms with van der Waals surface area (Å²) in [5.41, 5.74) is 0. The van der Waals surface area contributed by atoms with Crippen LogP contribution in [0.4, 0.5) is 0 Å². The first-order valence-electron chi connectivity index (χ1n) is 4.71. The molecule has 0 aliphatic rings. The van der Waals surface area contributed by atoms with Crippen LogP contribution in [0.2, 0.25) is 5.04 Å². The molecule has 1 aromatic carbocycles. The summed E-state index contributed by atoms with van der Waals surface area (Å²) >= 11 is 3.83. The highest BCUT2D eigenvalue weighted by atomic mass is 79.9. The molecule has 0 aliphatic heterocycles. The Morgan fingerprint density at radius 2 is 1.64 bits per heavy atom. The van der Waals surface area contributed by atoms with E-state index < -0.39 is 6.94 Å². The minimum Gasteiger partial charge on any atom is -0.406 e. The third-order valence-corrected chi connectivity index (χ3v) is 11.9. The van der Waals surface area contributed by atoms with Crippen molar-refractivity contribution in [2.45, 2.75) is 25.8 Å². The van der Waals surface area contributed by atoms with E-state index in [2.05, 4.69) is 60.3 Å². The van der Waals surface area contributed by atoms with Gasteiger partial charge in [0, 0.05) is 7.11 Å². The summed E-state index contributed by atoms with van der Waals surface area (Å²) < 4.78 is 5.74. The molecule has 0 amide bonds. The molecule has 3 heteroatoms. The van der Waals surface area contributed by atoms with Gasteiger partial charge in [-0.2, -0.15) is 0 Å². The Bertz CT molecular complexity index is 294. The number of halogens is 1. The maximum Gasteiger partial charge on any atom is 0.300 e. The summed E-state index contributed by atoms with van der Waals surface area (Å²) in [4.78, 5) is 0. The second-order valence-electron chi connectivity index (χ2n) is 4.42. The van der Waals surface area contributed by atoms with Gasteiger partial charge in [-0.25, -0.2) is 0 Å². The molecule has 0 aliphatic carbocycles. The molecule has 1 rings (SSSR count). The first-order valence-corrected chi connectivity index (χ1v) is 8.88. The van der Waals surface area contributed by atoms with E-state index in [-0.39, 0.29) is 5.04 Å². The molecule has 0 spiro atoms. The maximum absolute atomic E-state index is 5.74. The predicted molar refractivity (Wildman–Crippen MR) is 67.5 cm³/mol. The van der Waals surface area contributed by atoms with E-state index in [0.29, 0.717) is 0 Å². The smallest absolute Gasteiger partial charge is 0.300 e. The van der Waals surface area contributed by atoms with Crippen molar-refractivity contribution >= 4 is 27.4 Å². The Morgan fingerprint density at radius 1 is 1.14 bits per heavy atom. The van der Waals surface area contributed by atoms with Crippen molar-refractivity contribution in [3.05, 3.63) is 30.3 Å². The van der Waals surface area contributed by atoms with Crippen LogP contribution in [-0.4, -0.2) is 14.0 Å². The Labute approximate surface area is 95.2 Å². The van der Waals surface area contributed by atoms with Crippen LogP contribution < -0.4 is 5.19 Å². The summed E-state index contributed by atoms with van der Waals surface area (Å²) in [6.07, 6.45) is 0. The number of benzene rings is 1. The van der Waals surface area contributed by atoms with E-state index in [9.17, 15) is 0 Å². The first-order chi connectivity index (χ1) is 6.42. The SMILES string of the molecule is CO[Si](Br)(c1ccccc1)C(C)(C)C. The zero-order valence-corrected chi connectivity index (χ0v) is 11.8. The average molecular weight is 273 g/mol. The first kappa shape index (κ1) is 11.9. The third-order valence-electron chi connectivity index (χ3n) is 2.39. The van der Waals surface area contributed by atoms with Crippen LogP contribution in [0.25, 0.3) is 0 Å². The molecule has 1 aromatic rings. The van der Waals surface area contributed by atoms with E-state index >= 15 is 0 Å². The van der Waals surface area contributed by atoms with E-state index in [1.165, 1.54) is 5.19 Å². The molecular weight excluding hydrogens is 256 g/mol. The Hall–Kier alpha value is -0.123. The summed E-state index contributed by atoms with van der Waals surface area (Å²) in [5.74, 6) is 0. The van der Waals surface area contributed by atoms with Gasteiger partial charge in [-0.3, -0.25) is 0 Å². The Morgan fingerprint density at radius 3 is 2.00 bits per heavy atom. The molecule has 1 unspecified atom stereocenters. The molecule has 0 heterocycles. The highest BCUT2D eigenvalue weighted by molar-refractivity contribution is 9.26. The van der Waals surface area contributed by atoms with Crippen LogP contribution in [0.15, 0.2) is 30.3 Å². The number of rotatable bonds is 2. The van der Waals surface area contributed by atoms with Gasteiger partial charge in [0.15, 0.2) is 0 Å². The van der Waals surface area contributed by atoms with Gasteiger partial charge >= 0.3 is 6.94 Å². The standard InChI is InChI=1S/C11H17BrOSi/c1-11(2,3)14(12,13-4)10-8-6-5-7-9-10/h5-9H,1-4H3. The zero-order valence-electron chi connectivity index (χ0n) is 9.17. The molecule has 1 nitrogen and oxygen atoms in total. The quantitative estimate of drug-likeness (QED) is 0.594. The molecule has 0 saturated heterocycles. The van der Waals surface area contributed by atoms with E-state index in [4.69, 9.17) is 4.43 Å². The van der Waals surface area contributed by atoms with Crippen LogP contribution in [0.5, 0.6) is 0 Å². The minimum atomic E-state index is -1.99. The predicted octanol–water partition coefficient (Wildman–Crippen LogP) is 3.18. The second-order valence-corrected chi connectivity index (χ2v) is 11.4. The lowest BCUT2D eigenvalue weighted by molar-refractivity contribution is 0.396. The van der Waals surface area contributed by atoms with E-state index in [0.717, 1.165) is 0 Å². The van der Waals surface area contributed by atoms with Crippen molar-refractivity contribution in [2.24, 2.45) is 0 Å². The molecule has 0 N–H and O–H groups in total.